The van der Waals surface area contributed by atoms with Gasteiger partial charge in [-0.05, 0) is 29.5 Å². The normalized spacial score (nSPS) is 9.75. The van der Waals surface area contributed by atoms with Crippen molar-refractivity contribution < 1.29 is 4.74 Å². The molecule has 1 aromatic carbocycles. The molecule has 0 bridgehead atoms. The zero-order valence-corrected chi connectivity index (χ0v) is 8.79. The predicted molar refractivity (Wildman–Crippen MR) is 58.6 cm³/mol. The molecule has 0 N–H and O–H groups in total. The maximum atomic E-state index is 5.15. The molecule has 0 atom stereocenters. The van der Waals surface area contributed by atoms with E-state index < -0.39 is 0 Å². The van der Waals surface area contributed by atoms with Crippen LogP contribution in [0.3, 0.4) is 0 Å². The fourth-order valence-corrected chi connectivity index (χ4v) is 1.25. The molecule has 0 unspecified atom stereocenters. The molecule has 5 nitrogen and oxygen atoms in total. The lowest BCUT2D eigenvalue weighted by Crippen LogP contribution is -1.99. The fourth-order valence-electron chi connectivity index (χ4n) is 1.25. The highest BCUT2D eigenvalue weighted by Crippen LogP contribution is 2.17. The molecular formula is C11H10N4O. The van der Waals surface area contributed by atoms with Gasteiger partial charge in [0.15, 0.2) is 0 Å². The molecule has 0 radical (unpaired) electrons. The van der Waals surface area contributed by atoms with Crippen LogP contribution in [0.2, 0.25) is 0 Å². The van der Waals surface area contributed by atoms with E-state index in [-0.39, 0.29) is 0 Å². The first kappa shape index (κ1) is 10.2. The molecule has 5 heteroatoms. The van der Waals surface area contributed by atoms with E-state index in [1.165, 1.54) is 4.80 Å². The van der Waals surface area contributed by atoms with Gasteiger partial charge in [0, 0.05) is 5.56 Å². The van der Waals surface area contributed by atoms with Crippen LogP contribution in [-0.2, 0) is 6.54 Å². The van der Waals surface area contributed by atoms with Gasteiger partial charge in [0.05, 0.1) is 7.11 Å². The molecule has 0 spiro atoms. The monoisotopic (exact) mass is 214 g/mol. The predicted octanol–water partition coefficient (Wildman–Crippen LogP) is 0.982. The molecule has 0 saturated heterocycles. The van der Waals surface area contributed by atoms with Crippen molar-refractivity contribution in [1.82, 2.24) is 20.2 Å². The molecule has 2 rings (SSSR count). The minimum Gasteiger partial charge on any atom is -0.497 e. The molecule has 0 saturated carbocycles. The molecule has 0 aliphatic carbocycles. The number of methoxy groups -OCH3 is 1. The minimum atomic E-state index is 0.323. The first-order valence-corrected chi connectivity index (χ1v) is 4.69. The van der Waals surface area contributed by atoms with Crippen LogP contribution in [0.1, 0.15) is 0 Å². The Balaban J connectivity index is 2.25. The number of rotatable bonds is 3. The van der Waals surface area contributed by atoms with Gasteiger partial charge in [-0.25, -0.2) is 0 Å². The van der Waals surface area contributed by atoms with Crippen molar-refractivity contribution >= 4 is 0 Å². The molecule has 0 aliphatic heterocycles. The van der Waals surface area contributed by atoms with Crippen molar-refractivity contribution in [3.05, 3.63) is 24.3 Å². The van der Waals surface area contributed by atoms with Crippen LogP contribution in [0.25, 0.3) is 11.4 Å². The van der Waals surface area contributed by atoms with Gasteiger partial charge in [0.1, 0.15) is 12.3 Å². The van der Waals surface area contributed by atoms with Crippen LogP contribution in [0.5, 0.6) is 5.75 Å². The SMILES string of the molecule is C#CCn1nnc(-c2ccc(OC)cc2)n1. The molecule has 1 heterocycles. The van der Waals surface area contributed by atoms with Crippen LogP contribution in [0.15, 0.2) is 24.3 Å². The van der Waals surface area contributed by atoms with E-state index in [1.807, 2.05) is 24.3 Å². The molecule has 16 heavy (non-hydrogen) atoms. The van der Waals surface area contributed by atoms with Crippen LogP contribution in [-0.4, -0.2) is 27.3 Å². The maximum Gasteiger partial charge on any atom is 0.204 e. The van der Waals surface area contributed by atoms with E-state index in [0.29, 0.717) is 12.4 Å². The molecular weight excluding hydrogens is 204 g/mol. The summed E-state index contributed by atoms with van der Waals surface area (Å²) in [4.78, 5) is 1.37. The molecule has 1 aromatic heterocycles. The molecule has 0 aliphatic rings. The second kappa shape index (κ2) is 4.45. The topological polar surface area (TPSA) is 52.8 Å². The molecule has 0 amide bonds. The smallest absolute Gasteiger partial charge is 0.204 e. The summed E-state index contributed by atoms with van der Waals surface area (Å²) in [6.07, 6.45) is 5.15. The summed E-state index contributed by atoms with van der Waals surface area (Å²) in [5.74, 6) is 3.79. The zero-order chi connectivity index (χ0) is 11.4. The van der Waals surface area contributed by atoms with Gasteiger partial charge in [-0.15, -0.1) is 16.6 Å². The van der Waals surface area contributed by atoms with Crippen LogP contribution in [0.4, 0.5) is 0 Å². The Morgan fingerprint density at radius 3 is 2.75 bits per heavy atom. The van der Waals surface area contributed by atoms with E-state index in [2.05, 4.69) is 21.3 Å². The standard InChI is InChI=1S/C11H10N4O/c1-3-8-15-13-11(12-14-15)9-4-6-10(16-2)7-5-9/h1,4-7H,8H2,2H3. The van der Waals surface area contributed by atoms with E-state index in [0.717, 1.165) is 11.3 Å². The lowest BCUT2D eigenvalue weighted by molar-refractivity contribution is 0.415. The quantitative estimate of drug-likeness (QED) is 0.715. The van der Waals surface area contributed by atoms with Crippen molar-refractivity contribution in [2.75, 3.05) is 7.11 Å². The lowest BCUT2D eigenvalue weighted by atomic mass is 10.2. The number of terminal acetylenes is 1. The Morgan fingerprint density at radius 1 is 1.38 bits per heavy atom. The van der Waals surface area contributed by atoms with Gasteiger partial charge in [-0.2, -0.15) is 4.80 Å². The van der Waals surface area contributed by atoms with Crippen molar-refractivity contribution in [2.24, 2.45) is 0 Å². The molecule has 80 valence electrons. The van der Waals surface area contributed by atoms with Crippen molar-refractivity contribution in [2.45, 2.75) is 6.54 Å². The average Bonchev–Trinajstić information content (AvgIpc) is 2.78. The van der Waals surface area contributed by atoms with Crippen LogP contribution >= 0.6 is 0 Å². The number of benzene rings is 1. The van der Waals surface area contributed by atoms with Crippen molar-refractivity contribution in [1.29, 1.82) is 0 Å². The van der Waals surface area contributed by atoms with Gasteiger partial charge < -0.3 is 4.74 Å². The van der Waals surface area contributed by atoms with Gasteiger partial charge in [0.2, 0.25) is 5.82 Å². The fraction of sp³-hybridized carbons (Fsp3) is 0.182. The first-order chi connectivity index (χ1) is 7.83. The molecule has 2 aromatic rings. The van der Waals surface area contributed by atoms with E-state index >= 15 is 0 Å². The number of aromatic nitrogens is 4. The van der Waals surface area contributed by atoms with E-state index in [4.69, 9.17) is 11.2 Å². The summed E-state index contributed by atoms with van der Waals surface area (Å²) in [6, 6.07) is 7.43. The second-order valence-corrected chi connectivity index (χ2v) is 3.08. The Hall–Kier alpha value is -2.35. The number of tetrazole rings is 1. The summed E-state index contributed by atoms with van der Waals surface area (Å²) < 4.78 is 5.06. The number of hydrogen-bond donors (Lipinski definition) is 0. The average molecular weight is 214 g/mol. The highest BCUT2D eigenvalue weighted by atomic mass is 16.5. The van der Waals surface area contributed by atoms with Crippen LogP contribution in [0, 0.1) is 12.3 Å². The van der Waals surface area contributed by atoms with Gasteiger partial charge in [0.25, 0.3) is 0 Å². The van der Waals surface area contributed by atoms with Gasteiger partial charge >= 0.3 is 0 Å². The van der Waals surface area contributed by atoms with E-state index in [9.17, 15) is 0 Å². The van der Waals surface area contributed by atoms with Crippen LogP contribution < -0.4 is 4.74 Å². The summed E-state index contributed by atoms with van der Waals surface area (Å²) >= 11 is 0. The zero-order valence-electron chi connectivity index (χ0n) is 8.79. The molecule has 0 fully saturated rings. The number of hydrogen-bond acceptors (Lipinski definition) is 4. The Morgan fingerprint density at radius 2 is 2.12 bits per heavy atom. The highest BCUT2D eigenvalue weighted by molar-refractivity contribution is 5.55. The third-order valence-corrected chi connectivity index (χ3v) is 2.03. The number of ether oxygens (including phenoxy) is 1. The summed E-state index contributed by atoms with van der Waals surface area (Å²) in [5.41, 5.74) is 0.879. The number of nitrogens with zero attached hydrogens (tertiary/aromatic N) is 4. The highest BCUT2D eigenvalue weighted by Gasteiger charge is 2.04. The summed E-state index contributed by atoms with van der Waals surface area (Å²) in [7, 11) is 1.62. The largest absolute Gasteiger partial charge is 0.497 e. The maximum absolute atomic E-state index is 5.15. The van der Waals surface area contributed by atoms with Gasteiger partial charge in [-0.3, -0.25) is 0 Å². The third-order valence-electron chi connectivity index (χ3n) is 2.03. The van der Waals surface area contributed by atoms with Crippen molar-refractivity contribution in [3.63, 3.8) is 0 Å². The second-order valence-electron chi connectivity index (χ2n) is 3.08. The van der Waals surface area contributed by atoms with E-state index in [1.54, 1.807) is 7.11 Å². The Kier molecular flexibility index (Phi) is 2.83. The van der Waals surface area contributed by atoms with Crippen molar-refractivity contribution in [3.8, 4) is 29.5 Å². The summed E-state index contributed by atoms with van der Waals surface area (Å²) in [6.45, 7) is 0.323. The minimum absolute atomic E-state index is 0.323. The lowest BCUT2D eigenvalue weighted by Gasteiger charge is -1.98. The Labute approximate surface area is 93.0 Å². The Bertz CT molecular complexity index is 510. The van der Waals surface area contributed by atoms with Gasteiger partial charge in [-0.1, -0.05) is 5.92 Å². The first-order valence-electron chi connectivity index (χ1n) is 4.69. The third kappa shape index (κ3) is 2.01. The summed E-state index contributed by atoms with van der Waals surface area (Å²) in [5, 5.41) is 11.9.